The molecule has 0 radical (unpaired) electrons. The largest absolute Gasteiger partial charge is 0.503 e. The molecule has 0 spiro atoms. The van der Waals surface area contributed by atoms with Gasteiger partial charge in [-0.1, -0.05) is 29.8 Å². The Morgan fingerprint density at radius 1 is 1.29 bits per heavy atom. The molecule has 0 saturated heterocycles. The summed E-state index contributed by atoms with van der Waals surface area (Å²) in [5, 5.41) is 12.9. The molecule has 2 aromatic rings. The number of carbonyl (C=O) groups is 2. The number of amides is 1. The van der Waals surface area contributed by atoms with Crippen LogP contribution in [-0.4, -0.2) is 41.0 Å². The van der Waals surface area contributed by atoms with Crippen LogP contribution in [0, 0.1) is 0 Å². The van der Waals surface area contributed by atoms with Crippen molar-refractivity contribution in [2.24, 2.45) is 0 Å². The molecule has 28 heavy (non-hydrogen) atoms. The van der Waals surface area contributed by atoms with E-state index >= 15 is 0 Å². The molecule has 0 unspecified atom stereocenters. The van der Waals surface area contributed by atoms with E-state index in [4.69, 9.17) is 16.3 Å². The van der Waals surface area contributed by atoms with Gasteiger partial charge in [0.25, 0.3) is 5.91 Å². The summed E-state index contributed by atoms with van der Waals surface area (Å²) in [5.41, 5.74) is 0.839. The number of thiophene rings is 1. The highest BCUT2D eigenvalue weighted by Gasteiger charge is 2.43. The number of nitrogens with zero attached hydrogens (tertiary/aromatic N) is 1. The third kappa shape index (κ3) is 4.29. The molecule has 1 aromatic heterocycles. The number of rotatable bonds is 8. The minimum atomic E-state index is -0.654. The molecule has 0 fully saturated rings. The lowest BCUT2D eigenvalue weighted by atomic mass is 9.95. The van der Waals surface area contributed by atoms with Gasteiger partial charge in [0.1, 0.15) is 0 Å². The Kier molecular flexibility index (Phi) is 6.54. The van der Waals surface area contributed by atoms with Gasteiger partial charge >= 0.3 is 0 Å². The molecule has 5 nitrogen and oxygen atoms in total. The lowest BCUT2D eigenvalue weighted by molar-refractivity contribution is -0.129. The van der Waals surface area contributed by atoms with Gasteiger partial charge in [0, 0.05) is 18.2 Å². The van der Waals surface area contributed by atoms with E-state index in [-0.39, 0.29) is 17.5 Å². The number of Topliss-reactive ketones (excluding diaryl/α,β-unsaturated/α-hetero) is 1. The second kappa shape index (κ2) is 8.90. The van der Waals surface area contributed by atoms with Crippen molar-refractivity contribution < 1.29 is 19.4 Å². The van der Waals surface area contributed by atoms with Crippen LogP contribution < -0.4 is 0 Å². The molecule has 1 aliphatic rings. The van der Waals surface area contributed by atoms with Gasteiger partial charge in [0.15, 0.2) is 5.76 Å². The zero-order valence-electron chi connectivity index (χ0n) is 15.7. The van der Waals surface area contributed by atoms with Crippen molar-refractivity contribution in [1.82, 2.24) is 4.90 Å². The molecule has 1 aromatic carbocycles. The monoisotopic (exact) mass is 419 g/mol. The van der Waals surface area contributed by atoms with Crippen molar-refractivity contribution in [2.45, 2.75) is 32.4 Å². The zero-order chi connectivity index (χ0) is 20.3. The zero-order valence-corrected chi connectivity index (χ0v) is 17.3. The Hall–Kier alpha value is -2.15. The molecule has 2 heterocycles. The summed E-state index contributed by atoms with van der Waals surface area (Å²) in [6.07, 6.45) is 0.700. The molecule has 7 heteroatoms. The number of ketones is 1. The first-order chi connectivity index (χ1) is 13.4. The SMILES string of the molecule is CC(C)OCCCN1C(=O)C(O)=C(C(=O)c2cccs2)[C@@H]1c1ccc(Cl)cc1. The van der Waals surface area contributed by atoms with Gasteiger partial charge in [0.2, 0.25) is 5.78 Å². The van der Waals surface area contributed by atoms with Crippen LogP contribution in [0.1, 0.15) is 41.5 Å². The lowest BCUT2D eigenvalue weighted by Gasteiger charge is -2.27. The van der Waals surface area contributed by atoms with E-state index < -0.39 is 17.7 Å². The number of carbonyl (C=O) groups excluding carboxylic acids is 2. The maximum absolute atomic E-state index is 13.0. The first-order valence-corrected chi connectivity index (χ1v) is 10.3. The van der Waals surface area contributed by atoms with Crippen LogP contribution in [-0.2, 0) is 9.53 Å². The van der Waals surface area contributed by atoms with Gasteiger partial charge in [-0.15, -0.1) is 11.3 Å². The number of benzene rings is 1. The Morgan fingerprint density at radius 3 is 2.61 bits per heavy atom. The Bertz CT molecular complexity index is 874. The van der Waals surface area contributed by atoms with E-state index in [1.807, 2.05) is 13.8 Å². The van der Waals surface area contributed by atoms with Gasteiger partial charge in [-0.05, 0) is 49.4 Å². The van der Waals surface area contributed by atoms with Crippen LogP contribution in [0.3, 0.4) is 0 Å². The quantitative estimate of drug-likeness (QED) is 0.493. The van der Waals surface area contributed by atoms with Gasteiger partial charge in [-0.3, -0.25) is 9.59 Å². The average Bonchev–Trinajstić information content (AvgIpc) is 3.28. The number of aliphatic hydroxyl groups is 1. The molecule has 0 saturated carbocycles. The standard InChI is InChI=1S/C21H22ClNO4S/c1-13(2)27-11-4-10-23-18(14-6-8-15(22)9-7-14)17(20(25)21(23)26)19(24)16-5-3-12-28-16/h3,5-9,12-13,18,25H,4,10-11H2,1-2H3/t18-/m0/s1. The van der Waals surface area contributed by atoms with Crippen molar-refractivity contribution in [2.75, 3.05) is 13.2 Å². The maximum Gasteiger partial charge on any atom is 0.290 e. The smallest absolute Gasteiger partial charge is 0.290 e. The van der Waals surface area contributed by atoms with Gasteiger partial charge < -0.3 is 14.7 Å². The van der Waals surface area contributed by atoms with Gasteiger partial charge in [-0.25, -0.2) is 0 Å². The molecular weight excluding hydrogens is 398 g/mol. The van der Waals surface area contributed by atoms with Crippen LogP contribution in [0.2, 0.25) is 5.02 Å². The summed E-state index contributed by atoms with van der Waals surface area (Å²) >= 11 is 7.28. The van der Waals surface area contributed by atoms with Gasteiger partial charge in [0.05, 0.1) is 22.6 Å². The molecule has 1 amide bonds. The highest BCUT2D eigenvalue weighted by molar-refractivity contribution is 7.12. The summed E-state index contributed by atoms with van der Waals surface area (Å²) in [6, 6.07) is 9.78. The molecule has 1 N–H and O–H groups in total. The van der Waals surface area contributed by atoms with Crippen molar-refractivity contribution >= 4 is 34.6 Å². The fourth-order valence-corrected chi connectivity index (χ4v) is 4.01. The Morgan fingerprint density at radius 2 is 2.00 bits per heavy atom. The van der Waals surface area contributed by atoms with Crippen LogP contribution in [0.25, 0.3) is 0 Å². The maximum atomic E-state index is 13.0. The highest BCUT2D eigenvalue weighted by atomic mass is 35.5. The number of halogens is 1. The number of ether oxygens (including phenoxy) is 1. The lowest BCUT2D eigenvalue weighted by Crippen LogP contribution is -2.32. The van der Waals surface area contributed by atoms with E-state index in [9.17, 15) is 14.7 Å². The predicted molar refractivity (Wildman–Crippen MR) is 110 cm³/mol. The Balaban J connectivity index is 1.93. The van der Waals surface area contributed by atoms with Crippen LogP contribution in [0.5, 0.6) is 0 Å². The molecule has 3 rings (SSSR count). The van der Waals surface area contributed by atoms with E-state index in [2.05, 4.69) is 0 Å². The third-order valence-corrected chi connectivity index (χ3v) is 5.59. The summed E-state index contributed by atoms with van der Waals surface area (Å²) in [7, 11) is 0. The summed E-state index contributed by atoms with van der Waals surface area (Å²) in [5.74, 6) is -1.35. The van der Waals surface area contributed by atoms with Crippen molar-refractivity contribution in [3.8, 4) is 0 Å². The molecule has 1 atom stereocenters. The molecule has 148 valence electrons. The second-order valence-electron chi connectivity index (χ2n) is 6.79. The Labute approximate surface area is 173 Å². The van der Waals surface area contributed by atoms with Crippen molar-refractivity contribution in [3.63, 3.8) is 0 Å². The van der Waals surface area contributed by atoms with Crippen LogP contribution >= 0.6 is 22.9 Å². The molecule has 0 aliphatic carbocycles. The summed E-state index contributed by atoms with van der Waals surface area (Å²) in [6.45, 7) is 4.75. The topological polar surface area (TPSA) is 66.8 Å². The minimum Gasteiger partial charge on any atom is -0.503 e. The third-order valence-electron chi connectivity index (χ3n) is 4.47. The predicted octanol–water partition coefficient (Wildman–Crippen LogP) is 4.79. The van der Waals surface area contributed by atoms with E-state index in [1.54, 1.807) is 41.8 Å². The molecule has 0 bridgehead atoms. The van der Waals surface area contributed by atoms with Gasteiger partial charge in [-0.2, -0.15) is 0 Å². The van der Waals surface area contributed by atoms with E-state index in [0.717, 1.165) is 5.56 Å². The fraction of sp³-hybridized carbons (Fsp3) is 0.333. The first kappa shape index (κ1) is 20.6. The minimum absolute atomic E-state index is 0.101. The van der Waals surface area contributed by atoms with E-state index in [1.165, 1.54) is 16.2 Å². The first-order valence-electron chi connectivity index (χ1n) is 9.09. The number of hydrogen-bond acceptors (Lipinski definition) is 5. The van der Waals surface area contributed by atoms with Crippen LogP contribution in [0.4, 0.5) is 0 Å². The normalized spacial score (nSPS) is 17.1. The number of aliphatic hydroxyl groups excluding tert-OH is 1. The number of hydrogen-bond donors (Lipinski definition) is 1. The average molecular weight is 420 g/mol. The summed E-state index contributed by atoms with van der Waals surface area (Å²) < 4.78 is 5.56. The van der Waals surface area contributed by atoms with Crippen molar-refractivity contribution in [1.29, 1.82) is 0 Å². The second-order valence-corrected chi connectivity index (χ2v) is 8.18. The fourth-order valence-electron chi connectivity index (χ4n) is 3.20. The van der Waals surface area contributed by atoms with Crippen LogP contribution in [0.15, 0.2) is 53.1 Å². The van der Waals surface area contributed by atoms with Crippen molar-refractivity contribution in [3.05, 3.63) is 68.6 Å². The molecule has 1 aliphatic heterocycles. The molecular formula is C21H22ClNO4S. The van der Waals surface area contributed by atoms with E-state index in [0.29, 0.717) is 29.5 Å². The summed E-state index contributed by atoms with van der Waals surface area (Å²) in [4.78, 5) is 27.8. The highest BCUT2D eigenvalue weighted by Crippen LogP contribution is 2.39.